The van der Waals surface area contributed by atoms with Gasteiger partial charge in [-0.15, -0.1) is 0 Å². The van der Waals surface area contributed by atoms with Crippen LogP contribution in [0.4, 0.5) is 0 Å². The highest BCUT2D eigenvalue weighted by Gasteiger charge is 2.08. The molecule has 0 bridgehead atoms. The van der Waals surface area contributed by atoms with Crippen LogP contribution in [0.25, 0.3) is 0 Å². The standard InChI is InChI=1S/C14H18ClNO4/c1-20-12-9-10(6-7-11(12)15)14(19)16-8-4-2-3-5-13(17)18/h6-7,9H,2-5,8H2,1H3,(H,16,19)(H,17,18). The number of benzene rings is 1. The third-order valence-corrected chi connectivity index (χ3v) is 3.08. The fourth-order valence-corrected chi connectivity index (χ4v) is 1.88. The highest BCUT2D eigenvalue weighted by Crippen LogP contribution is 2.24. The number of amides is 1. The molecule has 0 unspecified atom stereocenters. The number of carboxylic acids is 1. The first kappa shape index (κ1) is 16.3. The molecule has 5 nitrogen and oxygen atoms in total. The molecule has 0 atom stereocenters. The minimum Gasteiger partial charge on any atom is -0.495 e. The van der Waals surface area contributed by atoms with Crippen molar-refractivity contribution < 1.29 is 19.4 Å². The molecule has 0 aliphatic heterocycles. The molecule has 0 fully saturated rings. The van der Waals surface area contributed by atoms with Crippen LogP contribution in [0.5, 0.6) is 5.75 Å². The van der Waals surface area contributed by atoms with Crippen molar-refractivity contribution in [2.45, 2.75) is 25.7 Å². The average molecular weight is 300 g/mol. The van der Waals surface area contributed by atoms with Crippen molar-refractivity contribution in [2.75, 3.05) is 13.7 Å². The highest BCUT2D eigenvalue weighted by atomic mass is 35.5. The van der Waals surface area contributed by atoms with Crippen LogP contribution in [0.3, 0.4) is 0 Å². The van der Waals surface area contributed by atoms with Gasteiger partial charge in [-0.25, -0.2) is 0 Å². The van der Waals surface area contributed by atoms with Gasteiger partial charge < -0.3 is 15.2 Å². The first-order valence-electron chi connectivity index (χ1n) is 6.38. The first-order valence-corrected chi connectivity index (χ1v) is 6.76. The monoisotopic (exact) mass is 299 g/mol. The number of unbranched alkanes of at least 4 members (excludes halogenated alkanes) is 2. The number of methoxy groups -OCH3 is 1. The summed E-state index contributed by atoms with van der Waals surface area (Å²) in [6, 6.07) is 4.83. The predicted molar refractivity (Wildman–Crippen MR) is 76.4 cm³/mol. The summed E-state index contributed by atoms with van der Waals surface area (Å²) in [4.78, 5) is 22.2. The van der Waals surface area contributed by atoms with Crippen LogP contribution in [0.15, 0.2) is 18.2 Å². The lowest BCUT2D eigenvalue weighted by Gasteiger charge is -2.07. The van der Waals surface area contributed by atoms with Crippen molar-refractivity contribution in [2.24, 2.45) is 0 Å². The van der Waals surface area contributed by atoms with Gasteiger partial charge in [-0.3, -0.25) is 9.59 Å². The maximum absolute atomic E-state index is 11.9. The summed E-state index contributed by atoms with van der Waals surface area (Å²) >= 11 is 5.88. The Hall–Kier alpha value is -1.75. The summed E-state index contributed by atoms with van der Waals surface area (Å²) < 4.78 is 5.05. The van der Waals surface area contributed by atoms with E-state index in [1.54, 1.807) is 18.2 Å². The Morgan fingerprint density at radius 1 is 1.30 bits per heavy atom. The van der Waals surface area contributed by atoms with E-state index in [1.165, 1.54) is 7.11 Å². The Bertz CT molecular complexity index is 476. The normalized spacial score (nSPS) is 10.1. The molecule has 0 aliphatic carbocycles. The minimum absolute atomic E-state index is 0.169. The van der Waals surface area contributed by atoms with Crippen LogP contribution < -0.4 is 10.1 Å². The molecule has 0 heterocycles. The van der Waals surface area contributed by atoms with Crippen LogP contribution >= 0.6 is 11.6 Å². The number of hydrogen-bond acceptors (Lipinski definition) is 3. The zero-order valence-corrected chi connectivity index (χ0v) is 12.1. The summed E-state index contributed by atoms with van der Waals surface area (Å²) in [5, 5.41) is 11.7. The predicted octanol–water partition coefficient (Wildman–Crippen LogP) is 2.72. The number of ether oxygens (including phenoxy) is 1. The summed E-state index contributed by atoms with van der Waals surface area (Å²) in [6.07, 6.45) is 2.32. The first-order chi connectivity index (χ1) is 9.54. The lowest BCUT2D eigenvalue weighted by Crippen LogP contribution is -2.24. The van der Waals surface area contributed by atoms with Gasteiger partial charge in [0.05, 0.1) is 12.1 Å². The lowest BCUT2D eigenvalue weighted by molar-refractivity contribution is -0.137. The third kappa shape index (κ3) is 5.48. The fourth-order valence-electron chi connectivity index (χ4n) is 1.68. The molecule has 1 aromatic carbocycles. The van der Waals surface area contributed by atoms with E-state index in [-0.39, 0.29) is 12.3 Å². The van der Waals surface area contributed by atoms with Gasteiger partial charge in [0, 0.05) is 18.5 Å². The van der Waals surface area contributed by atoms with E-state index < -0.39 is 5.97 Å². The summed E-state index contributed by atoms with van der Waals surface area (Å²) in [5.41, 5.74) is 0.483. The van der Waals surface area contributed by atoms with Crippen molar-refractivity contribution in [3.05, 3.63) is 28.8 Å². The minimum atomic E-state index is -0.790. The van der Waals surface area contributed by atoms with Crippen molar-refractivity contribution >= 4 is 23.5 Å². The van der Waals surface area contributed by atoms with Gasteiger partial charge in [0.2, 0.25) is 0 Å². The number of nitrogens with one attached hydrogen (secondary N) is 1. The SMILES string of the molecule is COc1cc(C(=O)NCCCCCC(=O)O)ccc1Cl. The molecule has 2 N–H and O–H groups in total. The van der Waals surface area contributed by atoms with Gasteiger partial charge in [-0.05, 0) is 31.0 Å². The quantitative estimate of drug-likeness (QED) is 0.724. The Morgan fingerprint density at radius 3 is 2.70 bits per heavy atom. The third-order valence-electron chi connectivity index (χ3n) is 2.77. The second-order valence-corrected chi connectivity index (χ2v) is 4.72. The molecule has 0 spiro atoms. The zero-order chi connectivity index (χ0) is 15.0. The lowest BCUT2D eigenvalue weighted by atomic mass is 10.1. The van der Waals surface area contributed by atoms with E-state index >= 15 is 0 Å². The maximum atomic E-state index is 11.9. The van der Waals surface area contributed by atoms with E-state index in [9.17, 15) is 9.59 Å². The van der Waals surface area contributed by atoms with E-state index in [2.05, 4.69) is 5.32 Å². The highest BCUT2D eigenvalue weighted by molar-refractivity contribution is 6.32. The van der Waals surface area contributed by atoms with Crippen molar-refractivity contribution in [3.63, 3.8) is 0 Å². The van der Waals surface area contributed by atoms with Gasteiger partial charge in [-0.2, -0.15) is 0 Å². The molecular weight excluding hydrogens is 282 g/mol. The topological polar surface area (TPSA) is 75.6 Å². The molecule has 0 aliphatic rings. The molecule has 1 aromatic rings. The van der Waals surface area contributed by atoms with E-state index in [0.29, 0.717) is 29.3 Å². The van der Waals surface area contributed by atoms with Gasteiger partial charge in [-0.1, -0.05) is 18.0 Å². The van der Waals surface area contributed by atoms with Crippen LogP contribution in [0.2, 0.25) is 5.02 Å². The van der Waals surface area contributed by atoms with E-state index in [0.717, 1.165) is 12.8 Å². The molecular formula is C14H18ClNO4. The molecule has 0 aromatic heterocycles. The van der Waals surface area contributed by atoms with Gasteiger partial charge >= 0.3 is 5.97 Å². The number of carboxylic acid groups (broad SMARTS) is 1. The molecule has 110 valence electrons. The van der Waals surface area contributed by atoms with Crippen LogP contribution in [-0.2, 0) is 4.79 Å². The number of carbonyl (C=O) groups excluding carboxylic acids is 1. The second-order valence-electron chi connectivity index (χ2n) is 4.31. The van der Waals surface area contributed by atoms with Gasteiger partial charge in [0.1, 0.15) is 5.75 Å². The van der Waals surface area contributed by atoms with Crippen LogP contribution in [0.1, 0.15) is 36.0 Å². The average Bonchev–Trinajstić information content (AvgIpc) is 2.42. The number of hydrogen-bond donors (Lipinski definition) is 2. The van der Waals surface area contributed by atoms with Crippen molar-refractivity contribution in [1.29, 1.82) is 0 Å². The fraction of sp³-hybridized carbons (Fsp3) is 0.429. The Kier molecular flexibility index (Phi) is 6.87. The molecule has 6 heteroatoms. The number of carbonyl (C=O) groups is 2. The molecule has 1 amide bonds. The summed E-state index contributed by atoms with van der Waals surface area (Å²) in [7, 11) is 1.49. The molecule has 20 heavy (non-hydrogen) atoms. The van der Waals surface area contributed by atoms with Crippen LogP contribution in [-0.4, -0.2) is 30.6 Å². The van der Waals surface area contributed by atoms with Crippen molar-refractivity contribution in [1.82, 2.24) is 5.32 Å². The summed E-state index contributed by atoms with van der Waals surface area (Å²) in [5.74, 6) is -0.527. The smallest absolute Gasteiger partial charge is 0.303 e. The second kappa shape index (κ2) is 8.43. The Labute approximate surface area is 122 Å². The number of aliphatic carboxylic acids is 1. The maximum Gasteiger partial charge on any atom is 0.303 e. The summed E-state index contributed by atoms with van der Waals surface area (Å²) in [6.45, 7) is 0.517. The van der Waals surface area contributed by atoms with E-state index in [1.807, 2.05) is 0 Å². The van der Waals surface area contributed by atoms with Gasteiger partial charge in [0.25, 0.3) is 5.91 Å². The Morgan fingerprint density at radius 2 is 2.05 bits per heavy atom. The molecule has 0 radical (unpaired) electrons. The number of rotatable bonds is 8. The number of halogens is 1. The molecule has 0 saturated carbocycles. The molecule has 1 rings (SSSR count). The van der Waals surface area contributed by atoms with Crippen LogP contribution in [0, 0.1) is 0 Å². The zero-order valence-electron chi connectivity index (χ0n) is 11.3. The van der Waals surface area contributed by atoms with Gasteiger partial charge in [0.15, 0.2) is 0 Å². The molecule has 0 saturated heterocycles. The van der Waals surface area contributed by atoms with Crippen molar-refractivity contribution in [3.8, 4) is 5.75 Å². The van der Waals surface area contributed by atoms with E-state index in [4.69, 9.17) is 21.4 Å². The Balaban J connectivity index is 2.34. The largest absolute Gasteiger partial charge is 0.495 e.